The van der Waals surface area contributed by atoms with E-state index in [-0.39, 0.29) is 43.7 Å². The number of aliphatic hydroxyl groups excluding tert-OH is 1. The lowest BCUT2D eigenvalue weighted by molar-refractivity contribution is -0.0907. The zero-order chi connectivity index (χ0) is 32.9. The molecule has 14 heteroatoms. The molecular weight excluding hydrogens is 618 g/mol. The highest BCUT2D eigenvalue weighted by Gasteiger charge is 2.44. The molecule has 0 spiro atoms. The Morgan fingerprint density at radius 3 is 2.67 bits per heavy atom. The molecule has 3 aliphatic rings. The van der Waals surface area contributed by atoms with Gasteiger partial charge in [0.1, 0.15) is 6.10 Å². The van der Waals surface area contributed by atoms with Crippen molar-refractivity contribution in [2.24, 2.45) is 16.5 Å². The fraction of sp³-hybridized carbons (Fsp3) is 0.594. The molecule has 2 aromatic rings. The first-order chi connectivity index (χ1) is 21.9. The van der Waals surface area contributed by atoms with Crippen LogP contribution in [0.2, 0.25) is 0 Å². The lowest BCUT2D eigenvalue weighted by Crippen LogP contribution is -2.52. The van der Waals surface area contributed by atoms with E-state index in [0.717, 1.165) is 5.56 Å². The molecule has 46 heavy (non-hydrogen) atoms. The summed E-state index contributed by atoms with van der Waals surface area (Å²) in [5.74, 6) is 0.684. The van der Waals surface area contributed by atoms with E-state index in [1.807, 2.05) is 44.2 Å². The van der Waals surface area contributed by atoms with Gasteiger partial charge < -0.3 is 34.1 Å². The van der Waals surface area contributed by atoms with Gasteiger partial charge >= 0.3 is 6.09 Å². The number of ether oxygens (including phenoxy) is 5. The zero-order valence-corrected chi connectivity index (χ0v) is 27.2. The van der Waals surface area contributed by atoms with Crippen LogP contribution in [0.4, 0.5) is 4.79 Å². The number of nitrogens with zero attached hydrogens (tertiary/aromatic N) is 2. The Hall–Kier alpha value is -3.30. The van der Waals surface area contributed by atoms with Crippen LogP contribution in [0.3, 0.4) is 0 Å². The highest BCUT2D eigenvalue weighted by atomic mass is 32.2. The molecule has 1 amide bonds. The van der Waals surface area contributed by atoms with Gasteiger partial charge in [-0.15, -0.1) is 0 Å². The Balaban J connectivity index is 1.38. The number of carbonyl (C=O) groups excluding carboxylic acids is 1. The maximum absolute atomic E-state index is 14.2. The summed E-state index contributed by atoms with van der Waals surface area (Å²) in [6.45, 7) is 5.94. The highest BCUT2D eigenvalue weighted by molar-refractivity contribution is 7.89. The Labute approximate surface area is 269 Å². The van der Waals surface area contributed by atoms with Crippen LogP contribution >= 0.6 is 0 Å². The van der Waals surface area contributed by atoms with E-state index in [9.17, 15) is 23.2 Å². The molecule has 2 fully saturated rings. The first-order valence-electron chi connectivity index (χ1n) is 15.6. The summed E-state index contributed by atoms with van der Waals surface area (Å²) < 4.78 is 57.2. The summed E-state index contributed by atoms with van der Waals surface area (Å²) in [6, 6.07) is 12.3. The van der Waals surface area contributed by atoms with Crippen LogP contribution in [-0.4, -0.2) is 87.6 Å². The van der Waals surface area contributed by atoms with Crippen molar-refractivity contribution in [1.29, 1.82) is 0 Å². The van der Waals surface area contributed by atoms with Gasteiger partial charge in [0.05, 0.1) is 42.2 Å². The van der Waals surface area contributed by atoms with Gasteiger partial charge in [0.15, 0.2) is 17.8 Å². The Bertz CT molecular complexity index is 1460. The normalized spacial score (nSPS) is 22.7. The third-order valence-corrected chi connectivity index (χ3v) is 10.5. The van der Waals surface area contributed by atoms with Crippen molar-refractivity contribution >= 4 is 16.1 Å². The summed E-state index contributed by atoms with van der Waals surface area (Å²) in [5.41, 5.74) is 0.243. The zero-order valence-electron chi connectivity index (χ0n) is 26.4. The SMILES string of the molecule is CC(CCC(C)(C)CN(CC(O)[C@H](Cc1ccccc1)NC(=O)OC1COC2OCCC12)S(=O)(=O)c1ccc2c(c1)OCO2)N=O. The predicted octanol–water partition coefficient (Wildman–Crippen LogP) is 3.83. The van der Waals surface area contributed by atoms with Crippen molar-refractivity contribution in [1.82, 2.24) is 9.62 Å². The van der Waals surface area contributed by atoms with E-state index >= 15 is 0 Å². The molecule has 0 radical (unpaired) electrons. The quantitative estimate of drug-likeness (QED) is 0.268. The standard InChI is InChI=1S/C32H43N3O10S/c1-21(34-38)11-13-32(2,3)19-35(46(39,40)23-9-10-27-28(16-23)44-20-43-27)17-26(36)25(15-22-7-5-4-6-8-22)33-31(37)45-29-18-42-30-24(29)12-14-41-30/h4-10,16,21,24-26,29-30,36H,11-15,17-20H2,1-3H3,(H,33,37)/t21?,24?,25-,26?,29?,30?/m0/s1. The summed E-state index contributed by atoms with van der Waals surface area (Å²) in [6.07, 6.45) is -1.04. The van der Waals surface area contributed by atoms with Crippen LogP contribution in [-0.2, 0) is 30.7 Å². The molecule has 0 saturated carbocycles. The molecule has 2 aromatic carbocycles. The van der Waals surface area contributed by atoms with Gasteiger partial charge in [-0.05, 0) is 55.7 Å². The average Bonchev–Trinajstić information content (AvgIpc) is 3.78. The van der Waals surface area contributed by atoms with Crippen LogP contribution in [0.25, 0.3) is 0 Å². The molecule has 0 aliphatic carbocycles. The van der Waals surface area contributed by atoms with Crippen molar-refractivity contribution in [3.63, 3.8) is 0 Å². The maximum Gasteiger partial charge on any atom is 0.407 e. The number of fused-ring (bicyclic) bond motifs is 2. The number of hydrogen-bond donors (Lipinski definition) is 2. The Morgan fingerprint density at radius 1 is 1.15 bits per heavy atom. The van der Waals surface area contributed by atoms with Crippen molar-refractivity contribution in [2.75, 3.05) is 33.1 Å². The second kappa shape index (κ2) is 14.6. The molecule has 2 N–H and O–H groups in total. The third kappa shape index (κ3) is 8.34. The van der Waals surface area contributed by atoms with E-state index in [1.54, 1.807) is 6.92 Å². The number of amides is 1. The lowest BCUT2D eigenvalue weighted by Gasteiger charge is -2.35. The van der Waals surface area contributed by atoms with E-state index in [1.165, 1.54) is 22.5 Å². The topological polar surface area (TPSA) is 162 Å². The van der Waals surface area contributed by atoms with Gasteiger partial charge in [0, 0.05) is 19.2 Å². The second-order valence-electron chi connectivity index (χ2n) is 12.9. The number of rotatable bonds is 15. The average molecular weight is 662 g/mol. The van der Waals surface area contributed by atoms with Crippen LogP contribution in [0.15, 0.2) is 58.6 Å². The van der Waals surface area contributed by atoms with Crippen LogP contribution in [0.5, 0.6) is 11.5 Å². The van der Waals surface area contributed by atoms with Crippen LogP contribution in [0.1, 0.15) is 45.6 Å². The molecular formula is C32H43N3O10S. The van der Waals surface area contributed by atoms with Gasteiger partial charge in [0.25, 0.3) is 0 Å². The first kappa shape index (κ1) is 34.0. The molecule has 5 unspecified atom stereocenters. The maximum atomic E-state index is 14.2. The van der Waals surface area contributed by atoms with E-state index in [0.29, 0.717) is 37.4 Å². The molecule has 252 valence electrons. The molecule has 6 atom stereocenters. The molecule has 3 heterocycles. The Kier molecular flexibility index (Phi) is 10.8. The number of alkyl carbamates (subject to hydrolysis) is 1. The lowest BCUT2D eigenvalue weighted by atomic mass is 9.86. The molecule has 0 bridgehead atoms. The largest absolute Gasteiger partial charge is 0.454 e. The number of benzene rings is 2. The van der Waals surface area contributed by atoms with Gasteiger partial charge in [-0.3, -0.25) is 0 Å². The summed E-state index contributed by atoms with van der Waals surface area (Å²) >= 11 is 0. The van der Waals surface area contributed by atoms with Gasteiger partial charge in [-0.2, -0.15) is 9.21 Å². The monoisotopic (exact) mass is 661 g/mol. The van der Waals surface area contributed by atoms with Crippen molar-refractivity contribution in [3.05, 3.63) is 59.0 Å². The number of hydrogen-bond acceptors (Lipinski definition) is 11. The molecule has 13 nitrogen and oxygen atoms in total. The first-order valence-corrected chi connectivity index (χ1v) is 17.0. The molecule has 2 saturated heterocycles. The highest BCUT2D eigenvalue weighted by Crippen LogP contribution is 2.36. The minimum absolute atomic E-state index is 0.0123. The number of aliphatic hydroxyl groups is 1. The minimum Gasteiger partial charge on any atom is -0.454 e. The van der Waals surface area contributed by atoms with Crippen molar-refractivity contribution in [2.45, 2.75) is 81.9 Å². The van der Waals surface area contributed by atoms with Crippen LogP contribution < -0.4 is 14.8 Å². The fourth-order valence-corrected chi connectivity index (χ4v) is 7.66. The molecule has 3 aliphatic heterocycles. The van der Waals surface area contributed by atoms with Gasteiger partial charge in [-0.25, -0.2) is 13.2 Å². The van der Waals surface area contributed by atoms with Crippen molar-refractivity contribution in [3.8, 4) is 11.5 Å². The summed E-state index contributed by atoms with van der Waals surface area (Å²) in [4.78, 5) is 24.2. The van der Waals surface area contributed by atoms with E-state index in [4.69, 9.17) is 23.7 Å². The van der Waals surface area contributed by atoms with Gasteiger partial charge in [0.2, 0.25) is 16.8 Å². The van der Waals surface area contributed by atoms with E-state index < -0.39 is 52.1 Å². The van der Waals surface area contributed by atoms with Crippen LogP contribution in [0, 0.1) is 16.2 Å². The number of nitrogens with one attached hydrogen (secondary N) is 1. The Morgan fingerprint density at radius 2 is 1.91 bits per heavy atom. The second-order valence-corrected chi connectivity index (χ2v) is 14.9. The molecule has 0 aromatic heterocycles. The summed E-state index contributed by atoms with van der Waals surface area (Å²) in [7, 11) is -4.18. The number of carbonyl (C=O) groups is 1. The number of sulfonamides is 1. The molecule has 5 rings (SSSR count). The fourth-order valence-electron chi connectivity index (χ4n) is 6.00. The van der Waals surface area contributed by atoms with Gasteiger partial charge in [-0.1, -0.05) is 49.4 Å². The minimum atomic E-state index is -4.18. The smallest absolute Gasteiger partial charge is 0.407 e. The van der Waals surface area contributed by atoms with Crippen molar-refractivity contribution < 1.29 is 42.0 Å². The van der Waals surface area contributed by atoms with E-state index in [2.05, 4.69) is 10.5 Å². The predicted molar refractivity (Wildman–Crippen MR) is 167 cm³/mol. The summed E-state index contributed by atoms with van der Waals surface area (Å²) in [5, 5.41) is 17.6. The third-order valence-electron chi connectivity index (χ3n) is 8.71. The number of nitroso groups, excluding NO2 is 1.